The predicted octanol–water partition coefficient (Wildman–Crippen LogP) is 2.28. The fraction of sp³-hybridized carbons (Fsp3) is 0.571. The molecule has 1 aromatic heterocycles. The minimum absolute atomic E-state index is 0. The molecule has 3 heterocycles. The highest BCUT2D eigenvalue weighted by Gasteiger charge is 2.36. The van der Waals surface area contributed by atoms with E-state index in [9.17, 15) is 4.79 Å². The number of halogens is 2. The second kappa shape index (κ2) is 7.25. The SMILES string of the molecule is CN(C(=O)c1cccnc1)C1CC2CCC(C1)N2.Cl.Cl. The van der Waals surface area contributed by atoms with Gasteiger partial charge in [-0.3, -0.25) is 9.78 Å². The van der Waals surface area contributed by atoms with Gasteiger partial charge in [0.15, 0.2) is 0 Å². The molecular formula is C14H21Cl2N3O. The third-order valence-electron chi connectivity index (χ3n) is 4.22. The van der Waals surface area contributed by atoms with E-state index in [2.05, 4.69) is 10.3 Å². The van der Waals surface area contributed by atoms with Crippen LogP contribution in [0.25, 0.3) is 0 Å². The quantitative estimate of drug-likeness (QED) is 0.910. The van der Waals surface area contributed by atoms with E-state index in [0.717, 1.165) is 12.8 Å². The van der Waals surface area contributed by atoms with Crippen LogP contribution in [-0.2, 0) is 0 Å². The van der Waals surface area contributed by atoms with Crippen molar-refractivity contribution in [1.29, 1.82) is 0 Å². The Morgan fingerprint density at radius 1 is 1.30 bits per heavy atom. The lowest BCUT2D eigenvalue weighted by Gasteiger charge is -2.35. The average molecular weight is 318 g/mol. The largest absolute Gasteiger partial charge is 0.339 e. The second-order valence-corrected chi connectivity index (χ2v) is 5.42. The van der Waals surface area contributed by atoms with E-state index in [1.54, 1.807) is 12.4 Å². The summed E-state index contributed by atoms with van der Waals surface area (Å²) in [5.41, 5.74) is 0.686. The maximum absolute atomic E-state index is 12.3. The topological polar surface area (TPSA) is 45.2 Å². The van der Waals surface area contributed by atoms with E-state index in [4.69, 9.17) is 0 Å². The molecule has 2 aliphatic heterocycles. The standard InChI is InChI=1S/C14H19N3O.2ClH/c1-17(14(18)10-3-2-6-15-9-10)13-7-11-4-5-12(8-13)16-11;;/h2-3,6,9,11-13,16H,4-5,7-8H2,1H3;2*1H. The van der Waals surface area contributed by atoms with Crippen molar-refractivity contribution >= 4 is 30.7 Å². The van der Waals surface area contributed by atoms with Crippen molar-refractivity contribution in [3.8, 4) is 0 Å². The molecule has 2 saturated heterocycles. The van der Waals surface area contributed by atoms with Gasteiger partial charge >= 0.3 is 0 Å². The predicted molar refractivity (Wildman–Crippen MR) is 83.8 cm³/mol. The molecule has 6 heteroatoms. The summed E-state index contributed by atoms with van der Waals surface area (Å²) < 4.78 is 0. The number of hydrogen-bond donors (Lipinski definition) is 1. The summed E-state index contributed by atoms with van der Waals surface area (Å²) in [6, 6.07) is 5.24. The Hall–Kier alpha value is -0.840. The number of aromatic nitrogens is 1. The van der Waals surface area contributed by atoms with Crippen molar-refractivity contribution in [2.75, 3.05) is 7.05 Å². The Kier molecular flexibility index (Phi) is 6.24. The first-order valence-corrected chi connectivity index (χ1v) is 6.67. The van der Waals surface area contributed by atoms with E-state index in [-0.39, 0.29) is 30.7 Å². The summed E-state index contributed by atoms with van der Waals surface area (Å²) in [5.74, 6) is 0.0920. The Balaban J connectivity index is 0.000001000. The van der Waals surface area contributed by atoms with Crippen molar-refractivity contribution in [3.05, 3.63) is 30.1 Å². The maximum Gasteiger partial charge on any atom is 0.255 e. The van der Waals surface area contributed by atoms with Crippen LogP contribution < -0.4 is 5.32 Å². The van der Waals surface area contributed by atoms with Gasteiger partial charge in [0.2, 0.25) is 0 Å². The highest BCUT2D eigenvalue weighted by molar-refractivity contribution is 5.93. The molecule has 2 aliphatic rings. The zero-order chi connectivity index (χ0) is 12.5. The number of amides is 1. The minimum Gasteiger partial charge on any atom is -0.339 e. The van der Waals surface area contributed by atoms with Gasteiger partial charge in [0.05, 0.1) is 5.56 Å². The number of nitrogens with zero attached hydrogens (tertiary/aromatic N) is 2. The summed E-state index contributed by atoms with van der Waals surface area (Å²) in [4.78, 5) is 18.3. The molecule has 0 radical (unpaired) electrons. The molecule has 2 atom stereocenters. The third kappa shape index (κ3) is 3.43. The molecule has 0 aliphatic carbocycles. The summed E-state index contributed by atoms with van der Waals surface area (Å²) in [7, 11) is 1.92. The zero-order valence-electron chi connectivity index (χ0n) is 11.5. The van der Waals surface area contributed by atoms with E-state index < -0.39 is 0 Å². The fourth-order valence-electron chi connectivity index (χ4n) is 3.20. The highest BCUT2D eigenvalue weighted by atomic mass is 35.5. The van der Waals surface area contributed by atoms with Gasteiger partial charge in [-0.05, 0) is 37.8 Å². The first-order chi connectivity index (χ1) is 8.74. The molecular weight excluding hydrogens is 297 g/mol. The highest BCUT2D eigenvalue weighted by Crippen LogP contribution is 2.29. The van der Waals surface area contributed by atoms with Crippen LogP contribution in [0.2, 0.25) is 0 Å². The molecule has 0 spiro atoms. The van der Waals surface area contributed by atoms with Crippen molar-refractivity contribution in [1.82, 2.24) is 15.2 Å². The summed E-state index contributed by atoms with van der Waals surface area (Å²) in [5, 5.41) is 3.60. The maximum atomic E-state index is 12.3. The van der Waals surface area contributed by atoms with Crippen LogP contribution >= 0.6 is 24.8 Å². The van der Waals surface area contributed by atoms with E-state index in [1.165, 1.54) is 12.8 Å². The second-order valence-electron chi connectivity index (χ2n) is 5.42. The number of rotatable bonds is 2. The van der Waals surface area contributed by atoms with Crippen LogP contribution in [-0.4, -0.2) is 41.0 Å². The van der Waals surface area contributed by atoms with E-state index in [1.807, 2.05) is 24.1 Å². The molecule has 1 amide bonds. The number of nitrogens with one attached hydrogen (secondary N) is 1. The number of pyridine rings is 1. The summed E-state index contributed by atoms with van der Waals surface area (Å²) >= 11 is 0. The van der Waals surface area contributed by atoms with Gasteiger partial charge in [-0.2, -0.15) is 0 Å². The van der Waals surface area contributed by atoms with Crippen LogP contribution in [0.1, 0.15) is 36.0 Å². The van der Waals surface area contributed by atoms with Crippen LogP contribution in [0.15, 0.2) is 24.5 Å². The van der Waals surface area contributed by atoms with Gasteiger partial charge in [-0.15, -0.1) is 24.8 Å². The molecule has 0 aromatic carbocycles. The van der Waals surface area contributed by atoms with Crippen molar-refractivity contribution < 1.29 is 4.79 Å². The molecule has 2 bridgehead atoms. The molecule has 4 nitrogen and oxygen atoms in total. The molecule has 2 fully saturated rings. The van der Waals surface area contributed by atoms with Crippen molar-refractivity contribution in [2.45, 2.75) is 43.8 Å². The lowest BCUT2D eigenvalue weighted by atomic mass is 9.98. The zero-order valence-corrected chi connectivity index (χ0v) is 13.1. The third-order valence-corrected chi connectivity index (χ3v) is 4.22. The van der Waals surface area contributed by atoms with E-state index >= 15 is 0 Å². The number of hydrogen-bond acceptors (Lipinski definition) is 3. The van der Waals surface area contributed by atoms with Gasteiger partial charge in [0.1, 0.15) is 0 Å². The summed E-state index contributed by atoms with van der Waals surface area (Å²) in [6.07, 6.45) is 8.03. The number of carbonyl (C=O) groups excluding carboxylic acids is 1. The smallest absolute Gasteiger partial charge is 0.255 e. The first-order valence-electron chi connectivity index (χ1n) is 6.67. The molecule has 20 heavy (non-hydrogen) atoms. The first kappa shape index (κ1) is 17.2. The van der Waals surface area contributed by atoms with Crippen LogP contribution in [0, 0.1) is 0 Å². The van der Waals surface area contributed by atoms with Crippen molar-refractivity contribution in [2.24, 2.45) is 0 Å². The van der Waals surface area contributed by atoms with Crippen LogP contribution in [0.3, 0.4) is 0 Å². The summed E-state index contributed by atoms with van der Waals surface area (Å²) in [6.45, 7) is 0. The van der Waals surface area contributed by atoms with Gasteiger partial charge in [0, 0.05) is 37.6 Å². The van der Waals surface area contributed by atoms with E-state index in [0.29, 0.717) is 23.7 Å². The minimum atomic E-state index is 0. The van der Waals surface area contributed by atoms with Crippen LogP contribution in [0.4, 0.5) is 0 Å². The lowest BCUT2D eigenvalue weighted by molar-refractivity contribution is 0.0681. The molecule has 112 valence electrons. The monoisotopic (exact) mass is 317 g/mol. The van der Waals surface area contributed by atoms with Gasteiger partial charge in [-0.25, -0.2) is 0 Å². The average Bonchev–Trinajstić information content (AvgIpc) is 2.77. The Morgan fingerprint density at radius 2 is 1.95 bits per heavy atom. The van der Waals surface area contributed by atoms with Crippen molar-refractivity contribution in [3.63, 3.8) is 0 Å². The molecule has 2 unspecified atom stereocenters. The number of piperidine rings is 1. The van der Waals surface area contributed by atoms with Gasteiger partial charge in [0.25, 0.3) is 5.91 Å². The number of carbonyl (C=O) groups is 1. The molecule has 3 rings (SSSR count). The Bertz CT molecular complexity index is 431. The number of fused-ring (bicyclic) bond motifs is 2. The molecule has 1 N–H and O–H groups in total. The molecule has 0 saturated carbocycles. The normalized spacial score (nSPS) is 27.1. The lowest BCUT2D eigenvalue weighted by Crippen LogP contribution is -2.48. The van der Waals surface area contributed by atoms with Gasteiger partial charge < -0.3 is 10.2 Å². The fourth-order valence-corrected chi connectivity index (χ4v) is 3.20. The molecule has 1 aromatic rings. The van der Waals surface area contributed by atoms with Crippen LogP contribution in [0.5, 0.6) is 0 Å². The Morgan fingerprint density at radius 3 is 2.50 bits per heavy atom. The van der Waals surface area contributed by atoms with Gasteiger partial charge in [-0.1, -0.05) is 0 Å². The Labute approximate surface area is 132 Å².